The maximum Gasteiger partial charge on any atom is 0.362 e. The Morgan fingerprint density at radius 1 is 0.485 bits per heavy atom. The zero-order valence-electron chi connectivity index (χ0n) is 43.4. The fourth-order valence-electron chi connectivity index (χ4n) is 7.72. The molecule has 1 N–H and O–H groups in total. The first-order valence-electron chi connectivity index (χ1n) is 27.0. The molecule has 0 aromatic rings. The Balaban J connectivity index is 4.23. The number of hydrogen-bond acceptors (Lipinski definition) is 6. The van der Waals surface area contributed by atoms with Crippen molar-refractivity contribution < 1.29 is 38.2 Å². The molecule has 8 heteroatoms. The van der Waals surface area contributed by atoms with E-state index >= 15 is 0 Å². The van der Waals surface area contributed by atoms with E-state index in [1.165, 1.54) is 122 Å². The lowest BCUT2D eigenvalue weighted by atomic mass is 10.1. The molecule has 2 atom stereocenters. The summed E-state index contributed by atoms with van der Waals surface area (Å²) in [6.45, 7) is 4.61. The standard InChI is InChI=1S/C58H101NO7/c1-6-8-10-12-14-16-18-20-22-24-26-28-29-31-32-34-36-38-40-42-44-46-48-56(60)65-53-54(52-64-51-50-55(58(62)63)59(3,4)5)66-57(61)49-47-45-43-41-39-37-35-33-30-27-25-23-21-19-17-15-13-11-9-7-2/h8,10,14,16-17,19-23,26,28,54-55H,6-7,9,11-13,15,18,24-25,27,29-53H2,1-5H3/p+1/b10-8+,16-14+,19-17+,22-20+,23-21+,28-26+. The highest BCUT2D eigenvalue weighted by molar-refractivity contribution is 5.72. The molecule has 0 aliphatic rings. The van der Waals surface area contributed by atoms with Crippen molar-refractivity contribution in [3.63, 3.8) is 0 Å². The Morgan fingerprint density at radius 3 is 1.35 bits per heavy atom. The Kier molecular flexibility index (Phi) is 45.9. The van der Waals surface area contributed by atoms with E-state index in [-0.39, 0.29) is 36.2 Å². The Bertz CT molecular complexity index is 1310. The lowest BCUT2D eigenvalue weighted by molar-refractivity contribution is -0.887. The molecule has 0 bridgehead atoms. The monoisotopic (exact) mass is 925 g/mol. The Hall–Kier alpha value is -3.23. The van der Waals surface area contributed by atoms with Gasteiger partial charge in [-0.1, -0.05) is 202 Å². The van der Waals surface area contributed by atoms with Gasteiger partial charge in [-0.2, -0.15) is 0 Å². The number of carboxylic acid groups (broad SMARTS) is 1. The number of likely N-dealkylation sites (N-methyl/N-ethyl adjacent to an activating group) is 1. The van der Waals surface area contributed by atoms with Crippen LogP contribution >= 0.6 is 0 Å². The maximum atomic E-state index is 12.8. The van der Waals surface area contributed by atoms with E-state index in [1.54, 1.807) is 0 Å². The van der Waals surface area contributed by atoms with Crippen molar-refractivity contribution in [1.82, 2.24) is 0 Å². The molecule has 0 saturated heterocycles. The second-order valence-corrected chi connectivity index (χ2v) is 19.1. The number of carbonyl (C=O) groups is 3. The molecule has 0 aliphatic heterocycles. The molecule has 66 heavy (non-hydrogen) atoms. The molecule has 0 heterocycles. The number of allylic oxidation sites excluding steroid dienone is 12. The average Bonchev–Trinajstić information content (AvgIpc) is 3.28. The van der Waals surface area contributed by atoms with Crippen LogP contribution in [-0.4, -0.2) is 80.6 Å². The fourth-order valence-corrected chi connectivity index (χ4v) is 7.72. The largest absolute Gasteiger partial charge is 0.477 e. The quantitative estimate of drug-likeness (QED) is 0.0213. The third-order valence-electron chi connectivity index (χ3n) is 11.9. The first-order chi connectivity index (χ1) is 32.1. The third-order valence-corrected chi connectivity index (χ3v) is 11.9. The van der Waals surface area contributed by atoms with E-state index in [2.05, 4.69) is 86.8 Å². The summed E-state index contributed by atoms with van der Waals surface area (Å²) in [6.07, 6.45) is 62.3. The van der Waals surface area contributed by atoms with Gasteiger partial charge in [-0.05, 0) is 77.0 Å². The normalized spacial score (nSPS) is 13.4. The summed E-state index contributed by atoms with van der Waals surface area (Å²) in [5, 5.41) is 9.67. The van der Waals surface area contributed by atoms with Crippen LogP contribution in [0.3, 0.4) is 0 Å². The molecule has 8 nitrogen and oxygen atoms in total. The number of carboxylic acids is 1. The number of hydrogen-bond donors (Lipinski definition) is 1. The minimum Gasteiger partial charge on any atom is -0.477 e. The predicted molar refractivity (Wildman–Crippen MR) is 280 cm³/mol. The Morgan fingerprint density at radius 2 is 0.894 bits per heavy atom. The summed E-state index contributed by atoms with van der Waals surface area (Å²) in [7, 11) is 5.53. The van der Waals surface area contributed by atoms with Gasteiger partial charge >= 0.3 is 17.9 Å². The van der Waals surface area contributed by atoms with Gasteiger partial charge in [0.05, 0.1) is 34.4 Å². The molecule has 2 unspecified atom stereocenters. The topological polar surface area (TPSA) is 99.1 Å². The minimum absolute atomic E-state index is 0.0558. The van der Waals surface area contributed by atoms with Crippen LogP contribution in [0.25, 0.3) is 0 Å². The molecule has 0 rings (SSSR count). The Labute approximate surface area is 406 Å². The van der Waals surface area contributed by atoms with Crippen molar-refractivity contribution in [2.45, 2.75) is 238 Å². The summed E-state index contributed by atoms with van der Waals surface area (Å²) < 4.78 is 17.4. The molecule has 380 valence electrons. The van der Waals surface area contributed by atoms with Crippen molar-refractivity contribution >= 4 is 17.9 Å². The van der Waals surface area contributed by atoms with Crippen LogP contribution in [0.2, 0.25) is 0 Å². The maximum absolute atomic E-state index is 12.8. The van der Waals surface area contributed by atoms with Gasteiger partial charge in [0, 0.05) is 19.3 Å². The van der Waals surface area contributed by atoms with Crippen LogP contribution in [0.15, 0.2) is 72.9 Å². The molecule has 0 amide bonds. The lowest BCUT2D eigenvalue weighted by Crippen LogP contribution is -2.50. The van der Waals surface area contributed by atoms with Gasteiger partial charge in [0.1, 0.15) is 6.61 Å². The average molecular weight is 925 g/mol. The van der Waals surface area contributed by atoms with Crippen LogP contribution in [0.4, 0.5) is 0 Å². The number of quaternary nitrogens is 1. The number of nitrogens with zero attached hydrogens (tertiary/aromatic N) is 1. The molecule has 0 aromatic carbocycles. The van der Waals surface area contributed by atoms with Gasteiger partial charge in [-0.15, -0.1) is 0 Å². The van der Waals surface area contributed by atoms with Gasteiger partial charge in [-0.3, -0.25) is 9.59 Å². The number of aliphatic carboxylic acids is 1. The third kappa shape index (κ3) is 45.9. The summed E-state index contributed by atoms with van der Waals surface area (Å²) in [5.74, 6) is -1.48. The zero-order valence-corrected chi connectivity index (χ0v) is 43.4. The van der Waals surface area contributed by atoms with E-state index in [1.807, 2.05) is 21.1 Å². The SMILES string of the molecule is CC/C=C/C/C=C/C/C=C/C/C=C/CCCCCCCCCCCC(=O)OCC(COCCC(C(=O)O)[N+](C)(C)C)OC(=O)CCCCCCCCCCCC/C=C/C=C/CCCCCC. The minimum atomic E-state index is -0.877. The van der Waals surface area contributed by atoms with Gasteiger partial charge in [0.25, 0.3) is 0 Å². The lowest BCUT2D eigenvalue weighted by Gasteiger charge is -2.31. The van der Waals surface area contributed by atoms with E-state index in [4.69, 9.17) is 14.2 Å². The van der Waals surface area contributed by atoms with E-state index in [9.17, 15) is 19.5 Å². The molecular formula is C58H102NO7+. The first-order valence-corrected chi connectivity index (χ1v) is 27.0. The van der Waals surface area contributed by atoms with Crippen LogP contribution < -0.4 is 0 Å². The fraction of sp³-hybridized carbons (Fsp3) is 0.741. The van der Waals surface area contributed by atoms with Crippen LogP contribution in [0.1, 0.15) is 226 Å². The van der Waals surface area contributed by atoms with Crippen molar-refractivity contribution in [2.75, 3.05) is 41.0 Å². The second kappa shape index (κ2) is 48.2. The molecule has 0 aromatic heterocycles. The van der Waals surface area contributed by atoms with Crippen molar-refractivity contribution in [2.24, 2.45) is 0 Å². The highest BCUT2D eigenvalue weighted by Crippen LogP contribution is 2.15. The van der Waals surface area contributed by atoms with E-state index in [0.29, 0.717) is 19.3 Å². The molecule has 0 saturated carbocycles. The molecular weight excluding hydrogens is 823 g/mol. The zero-order chi connectivity index (χ0) is 48.4. The molecule has 0 aliphatic carbocycles. The highest BCUT2D eigenvalue weighted by Gasteiger charge is 2.31. The number of unbranched alkanes of at least 4 members (excludes halogenated alkanes) is 23. The van der Waals surface area contributed by atoms with Crippen LogP contribution in [-0.2, 0) is 28.6 Å². The van der Waals surface area contributed by atoms with Gasteiger partial charge < -0.3 is 23.8 Å². The number of ether oxygens (including phenoxy) is 3. The van der Waals surface area contributed by atoms with Gasteiger partial charge in [-0.25, -0.2) is 4.79 Å². The summed E-state index contributed by atoms with van der Waals surface area (Å²) in [5.41, 5.74) is 0. The van der Waals surface area contributed by atoms with E-state index < -0.39 is 18.1 Å². The van der Waals surface area contributed by atoms with E-state index in [0.717, 1.165) is 70.6 Å². The number of esters is 2. The summed E-state index contributed by atoms with van der Waals surface area (Å²) in [6, 6.07) is -0.620. The number of rotatable bonds is 48. The van der Waals surface area contributed by atoms with Crippen LogP contribution in [0, 0.1) is 0 Å². The summed E-state index contributed by atoms with van der Waals surface area (Å²) in [4.78, 5) is 37.2. The van der Waals surface area contributed by atoms with Gasteiger partial charge in [0.15, 0.2) is 12.1 Å². The van der Waals surface area contributed by atoms with Gasteiger partial charge in [0.2, 0.25) is 0 Å². The smallest absolute Gasteiger partial charge is 0.362 e. The predicted octanol–water partition coefficient (Wildman–Crippen LogP) is 15.9. The first kappa shape index (κ1) is 62.8. The van der Waals surface area contributed by atoms with Crippen molar-refractivity contribution in [3.8, 4) is 0 Å². The van der Waals surface area contributed by atoms with Crippen LogP contribution in [0.5, 0.6) is 0 Å². The highest BCUT2D eigenvalue weighted by atomic mass is 16.6. The summed E-state index contributed by atoms with van der Waals surface area (Å²) >= 11 is 0. The van der Waals surface area contributed by atoms with Crippen molar-refractivity contribution in [1.29, 1.82) is 0 Å². The molecule has 0 spiro atoms. The number of carbonyl (C=O) groups excluding carboxylic acids is 2. The second-order valence-electron chi connectivity index (χ2n) is 19.1. The molecule has 0 fully saturated rings. The molecule has 0 radical (unpaired) electrons. The van der Waals surface area contributed by atoms with Crippen molar-refractivity contribution in [3.05, 3.63) is 72.9 Å².